The summed E-state index contributed by atoms with van der Waals surface area (Å²) >= 11 is 0. The van der Waals surface area contributed by atoms with Crippen molar-refractivity contribution in [2.45, 2.75) is 6.55 Å². The highest BCUT2D eigenvalue weighted by Crippen LogP contribution is 1.68. The first-order valence-corrected chi connectivity index (χ1v) is 5.01. The van der Waals surface area contributed by atoms with Gasteiger partial charge in [-0.05, 0) is 0 Å². The maximum atomic E-state index is 8.18. The Balaban J connectivity index is 2.45. The summed E-state index contributed by atoms with van der Waals surface area (Å²) in [7, 11) is 0.0603. The second-order valence-electron chi connectivity index (χ2n) is 1.34. The van der Waals surface area contributed by atoms with E-state index in [0.717, 1.165) is 6.23 Å². The van der Waals surface area contributed by atoms with Crippen LogP contribution in [0, 0.1) is 0 Å². The highest BCUT2D eigenvalue weighted by Gasteiger charge is 1.79. The van der Waals surface area contributed by atoms with E-state index in [1.54, 1.807) is 0 Å². The Kier molecular flexibility index (Phi) is 6.26. The number of rotatable bonds is 4. The smallest absolute Gasteiger partial charge is 0.0693 e. The monoisotopic (exact) mass is 120 g/mol. The summed E-state index contributed by atoms with van der Waals surface area (Å²) in [6, 6.07) is 0. The molecule has 0 aromatic carbocycles. The standard InChI is InChI=1S/C4H12O2Si/c1-7-4-6-3-2-5/h5H,2-4,7H2,1H3. The lowest BCUT2D eigenvalue weighted by atomic mass is 10.8. The number of aliphatic hydroxyl groups excluding tert-OH is 1. The highest BCUT2D eigenvalue weighted by molar-refractivity contribution is 6.33. The van der Waals surface area contributed by atoms with Gasteiger partial charge in [-0.2, -0.15) is 0 Å². The van der Waals surface area contributed by atoms with Crippen molar-refractivity contribution >= 4 is 9.52 Å². The second kappa shape index (κ2) is 6.14. The van der Waals surface area contributed by atoms with Crippen LogP contribution in [0.25, 0.3) is 0 Å². The first-order chi connectivity index (χ1) is 3.41. The molecule has 0 aliphatic rings. The number of aliphatic hydroxyl groups is 1. The molecule has 7 heavy (non-hydrogen) atoms. The number of hydrogen-bond acceptors (Lipinski definition) is 2. The lowest BCUT2D eigenvalue weighted by Gasteiger charge is -1.94. The van der Waals surface area contributed by atoms with Crippen molar-refractivity contribution in [2.75, 3.05) is 19.4 Å². The van der Waals surface area contributed by atoms with E-state index in [2.05, 4.69) is 6.55 Å². The second-order valence-corrected chi connectivity index (χ2v) is 2.74. The van der Waals surface area contributed by atoms with E-state index in [1.807, 2.05) is 0 Å². The Morgan fingerprint density at radius 1 is 1.71 bits per heavy atom. The molecule has 0 bridgehead atoms. The molecule has 0 fully saturated rings. The van der Waals surface area contributed by atoms with E-state index in [9.17, 15) is 0 Å². The van der Waals surface area contributed by atoms with Gasteiger partial charge < -0.3 is 9.84 Å². The Morgan fingerprint density at radius 3 is 2.86 bits per heavy atom. The van der Waals surface area contributed by atoms with Crippen LogP contribution in [0.4, 0.5) is 0 Å². The van der Waals surface area contributed by atoms with E-state index >= 15 is 0 Å². The van der Waals surface area contributed by atoms with E-state index in [1.165, 1.54) is 0 Å². The third kappa shape index (κ3) is 6.14. The lowest BCUT2D eigenvalue weighted by molar-refractivity contribution is 0.122. The molecule has 1 N–H and O–H groups in total. The van der Waals surface area contributed by atoms with Gasteiger partial charge >= 0.3 is 0 Å². The molecule has 0 radical (unpaired) electrons. The molecule has 0 saturated heterocycles. The first kappa shape index (κ1) is 7.14. The summed E-state index contributed by atoms with van der Waals surface area (Å²) in [5, 5.41) is 8.18. The minimum atomic E-state index is 0.0603. The van der Waals surface area contributed by atoms with Crippen molar-refractivity contribution in [2.24, 2.45) is 0 Å². The molecular weight excluding hydrogens is 108 g/mol. The summed E-state index contributed by atoms with van der Waals surface area (Å²) in [5.41, 5.74) is 0. The predicted octanol–water partition coefficient (Wildman–Crippen LogP) is -0.830. The molecule has 0 heterocycles. The Hall–Kier alpha value is 0.137. The lowest BCUT2D eigenvalue weighted by Crippen LogP contribution is -2.03. The summed E-state index contributed by atoms with van der Waals surface area (Å²) in [6.45, 7) is 2.85. The molecule has 3 heteroatoms. The normalized spacial score (nSPS) is 11.1. The van der Waals surface area contributed by atoms with Crippen LogP contribution in [-0.2, 0) is 4.74 Å². The van der Waals surface area contributed by atoms with Crippen LogP contribution in [0.1, 0.15) is 0 Å². The van der Waals surface area contributed by atoms with Crippen LogP contribution in [0.2, 0.25) is 6.55 Å². The zero-order chi connectivity index (χ0) is 5.54. The third-order valence-electron chi connectivity index (χ3n) is 0.584. The van der Waals surface area contributed by atoms with Gasteiger partial charge in [0.1, 0.15) is 0 Å². The van der Waals surface area contributed by atoms with Crippen LogP contribution >= 0.6 is 0 Å². The molecule has 0 aliphatic heterocycles. The molecule has 0 amide bonds. The van der Waals surface area contributed by atoms with Gasteiger partial charge in [0, 0.05) is 15.7 Å². The van der Waals surface area contributed by atoms with Gasteiger partial charge in [0.25, 0.3) is 0 Å². The molecular formula is C4H12O2Si. The fourth-order valence-corrected chi connectivity index (χ4v) is 0.804. The zero-order valence-electron chi connectivity index (χ0n) is 4.68. The third-order valence-corrected chi connectivity index (χ3v) is 1.28. The van der Waals surface area contributed by atoms with E-state index < -0.39 is 0 Å². The minimum Gasteiger partial charge on any atom is -0.394 e. The highest BCUT2D eigenvalue weighted by atomic mass is 28.2. The van der Waals surface area contributed by atoms with Gasteiger partial charge in [0.15, 0.2) is 0 Å². The number of hydrogen-bond donors (Lipinski definition) is 1. The van der Waals surface area contributed by atoms with Gasteiger partial charge in [-0.15, -0.1) is 0 Å². The molecule has 0 aromatic heterocycles. The quantitative estimate of drug-likeness (QED) is 0.387. The van der Waals surface area contributed by atoms with Gasteiger partial charge in [-0.1, -0.05) is 6.55 Å². The number of ether oxygens (including phenoxy) is 1. The van der Waals surface area contributed by atoms with Gasteiger partial charge in [0.2, 0.25) is 0 Å². The van der Waals surface area contributed by atoms with Crippen molar-refractivity contribution < 1.29 is 9.84 Å². The van der Waals surface area contributed by atoms with Crippen molar-refractivity contribution in [3.63, 3.8) is 0 Å². The zero-order valence-corrected chi connectivity index (χ0v) is 6.10. The average Bonchev–Trinajstić information content (AvgIpc) is 1.69. The SMILES string of the molecule is C[SiH2]COCCO. The molecule has 2 nitrogen and oxygen atoms in total. The van der Waals surface area contributed by atoms with E-state index in [4.69, 9.17) is 9.84 Å². The van der Waals surface area contributed by atoms with Crippen molar-refractivity contribution in [3.8, 4) is 0 Å². The minimum absolute atomic E-state index is 0.0603. The van der Waals surface area contributed by atoms with E-state index in [-0.39, 0.29) is 16.1 Å². The molecule has 0 saturated carbocycles. The average molecular weight is 120 g/mol. The van der Waals surface area contributed by atoms with Gasteiger partial charge in [0.05, 0.1) is 13.2 Å². The molecule has 0 aromatic rings. The van der Waals surface area contributed by atoms with Crippen LogP contribution in [0.3, 0.4) is 0 Å². The van der Waals surface area contributed by atoms with Gasteiger partial charge in [-0.3, -0.25) is 0 Å². The fourth-order valence-electron chi connectivity index (χ4n) is 0.311. The summed E-state index contributed by atoms with van der Waals surface area (Å²) in [5.74, 6) is 0. The van der Waals surface area contributed by atoms with E-state index in [0.29, 0.717) is 6.61 Å². The molecule has 0 unspecified atom stereocenters. The summed E-state index contributed by atoms with van der Waals surface area (Å²) < 4.78 is 4.94. The van der Waals surface area contributed by atoms with Crippen LogP contribution in [0.5, 0.6) is 0 Å². The largest absolute Gasteiger partial charge is 0.394 e. The molecule has 0 rings (SSSR count). The Bertz CT molecular complexity index is 28.9. The Morgan fingerprint density at radius 2 is 2.43 bits per heavy atom. The summed E-state index contributed by atoms with van der Waals surface area (Å²) in [6.07, 6.45) is 0.903. The molecule has 0 spiro atoms. The predicted molar refractivity (Wildman–Crippen MR) is 32.3 cm³/mol. The maximum Gasteiger partial charge on any atom is 0.0693 e. The first-order valence-electron chi connectivity index (χ1n) is 2.60. The van der Waals surface area contributed by atoms with Crippen molar-refractivity contribution in [1.29, 1.82) is 0 Å². The molecule has 44 valence electrons. The van der Waals surface area contributed by atoms with Crippen LogP contribution in [-0.4, -0.2) is 34.1 Å². The maximum absolute atomic E-state index is 8.18. The van der Waals surface area contributed by atoms with Gasteiger partial charge in [-0.25, -0.2) is 0 Å². The molecule has 0 atom stereocenters. The van der Waals surface area contributed by atoms with Crippen LogP contribution in [0.15, 0.2) is 0 Å². The fraction of sp³-hybridized carbons (Fsp3) is 1.00. The van der Waals surface area contributed by atoms with Crippen molar-refractivity contribution in [3.05, 3.63) is 0 Å². The Labute approximate surface area is 46.3 Å². The summed E-state index contributed by atoms with van der Waals surface area (Å²) in [4.78, 5) is 0. The van der Waals surface area contributed by atoms with Crippen LogP contribution < -0.4 is 0 Å². The van der Waals surface area contributed by atoms with Crippen molar-refractivity contribution in [1.82, 2.24) is 0 Å². The molecule has 0 aliphatic carbocycles. The topological polar surface area (TPSA) is 29.5 Å².